The zero-order chi connectivity index (χ0) is 11.8. The van der Waals surface area contributed by atoms with Crippen molar-refractivity contribution in [1.29, 1.82) is 0 Å². The molecule has 0 radical (unpaired) electrons. The van der Waals surface area contributed by atoms with E-state index in [0.717, 1.165) is 25.9 Å². The van der Waals surface area contributed by atoms with Crippen LogP contribution in [0.15, 0.2) is 0 Å². The van der Waals surface area contributed by atoms with Gasteiger partial charge >= 0.3 is 0 Å². The fourth-order valence-electron chi connectivity index (χ4n) is 2.43. The molecule has 102 valence electrons. The molecule has 2 aliphatic rings. The molecular formula is C11H22ClNO3S. The summed E-state index contributed by atoms with van der Waals surface area (Å²) in [6.07, 6.45) is 2.65. The topological polar surface area (TPSA) is 55.4 Å². The summed E-state index contributed by atoms with van der Waals surface area (Å²) < 4.78 is 28.2. The lowest BCUT2D eigenvalue weighted by Crippen LogP contribution is -2.40. The van der Waals surface area contributed by atoms with Gasteiger partial charge in [-0.05, 0) is 39.0 Å². The van der Waals surface area contributed by atoms with Gasteiger partial charge in [0.2, 0.25) is 0 Å². The van der Waals surface area contributed by atoms with E-state index in [9.17, 15) is 8.42 Å². The van der Waals surface area contributed by atoms with Gasteiger partial charge in [-0.1, -0.05) is 0 Å². The van der Waals surface area contributed by atoms with Crippen molar-refractivity contribution >= 4 is 22.2 Å². The van der Waals surface area contributed by atoms with Crippen LogP contribution < -0.4 is 5.32 Å². The Morgan fingerprint density at radius 2 is 1.88 bits per heavy atom. The van der Waals surface area contributed by atoms with Gasteiger partial charge in [0.05, 0.1) is 18.1 Å². The Labute approximate surface area is 110 Å². The van der Waals surface area contributed by atoms with Gasteiger partial charge in [-0.15, -0.1) is 12.4 Å². The molecule has 0 spiro atoms. The summed E-state index contributed by atoms with van der Waals surface area (Å²) in [5.74, 6) is 1.21. The van der Waals surface area contributed by atoms with E-state index < -0.39 is 9.84 Å². The van der Waals surface area contributed by atoms with E-state index in [1.165, 1.54) is 0 Å². The number of rotatable bonds is 2. The molecule has 0 aromatic heterocycles. The van der Waals surface area contributed by atoms with Crippen LogP contribution in [0.1, 0.15) is 33.1 Å². The lowest BCUT2D eigenvalue weighted by Gasteiger charge is -2.25. The predicted molar refractivity (Wildman–Crippen MR) is 70.2 cm³/mol. The van der Waals surface area contributed by atoms with E-state index in [4.69, 9.17) is 4.74 Å². The number of hydrogen-bond acceptors (Lipinski definition) is 4. The molecule has 1 N–H and O–H groups in total. The summed E-state index contributed by atoms with van der Waals surface area (Å²) in [7, 11) is -2.73. The Hall–Kier alpha value is 0.160. The molecule has 2 aliphatic heterocycles. The number of halogens is 1. The molecule has 0 amide bonds. The van der Waals surface area contributed by atoms with E-state index in [1.54, 1.807) is 0 Å². The van der Waals surface area contributed by atoms with Gasteiger partial charge in [0.25, 0.3) is 0 Å². The van der Waals surface area contributed by atoms with Crippen LogP contribution in [0.25, 0.3) is 0 Å². The second kappa shape index (κ2) is 5.43. The van der Waals surface area contributed by atoms with E-state index in [-0.39, 0.29) is 24.2 Å². The van der Waals surface area contributed by atoms with Crippen LogP contribution in [-0.4, -0.2) is 38.3 Å². The third kappa shape index (κ3) is 4.39. The number of sulfone groups is 1. The molecule has 1 unspecified atom stereocenters. The molecule has 0 saturated carbocycles. The highest BCUT2D eigenvalue weighted by molar-refractivity contribution is 7.91. The summed E-state index contributed by atoms with van der Waals surface area (Å²) in [6.45, 7) is 4.99. The molecule has 2 saturated heterocycles. The van der Waals surface area contributed by atoms with Gasteiger partial charge in [0.1, 0.15) is 16.1 Å². The average Bonchev–Trinajstić information content (AvgIpc) is 2.50. The van der Waals surface area contributed by atoms with E-state index >= 15 is 0 Å². The van der Waals surface area contributed by atoms with Crippen LogP contribution in [0.4, 0.5) is 0 Å². The van der Waals surface area contributed by atoms with Crippen molar-refractivity contribution in [2.45, 2.75) is 44.9 Å². The first-order valence-corrected chi connectivity index (χ1v) is 7.78. The lowest BCUT2D eigenvalue weighted by molar-refractivity contribution is 0.0761. The smallest absolute Gasteiger partial charge is 0.150 e. The number of ether oxygens (including phenoxy) is 1. The predicted octanol–water partition coefficient (Wildman–Crippen LogP) is 1.35. The molecule has 2 heterocycles. The maximum atomic E-state index is 11.3. The first-order valence-electron chi connectivity index (χ1n) is 5.96. The van der Waals surface area contributed by atoms with Crippen molar-refractivity contribution in [3.63, 3.8) is 0 Å². The zero-order valence-electron chi connectivity index (χ0n) is 10.4. The largest absolute Gasteiger partial charge is 0.361 e. The SMILES string of the molecule is CC1(C)COC(CC2CCS(=O)(=O)CC2)N1.Cl. The highest BCUT2D eigenvalue weighted by Crippen LogP contribution is 2.26. The molecule has 4 nitrogen and oxygen atoms in total. The normalized spacial score (nSPS) is 32.0. The summed E-state index contributed by atoms with van der Waals surface area (Å²) >= 11 is 0. The fourth-order valence-corrected chi connectivity index (χ4v) is 4.02. The Bertz CT molecular complexity index is 342. The maximum Gasteiger partial charge on any atom is 0.150 e. The minimum absolute atomic E-state index is 0. The summed E-state index contributed by atoms with van der Waals surface area (Å²) in [6, 6.07) is 0. The van der Waals surface area contributed by atoms with Crippen molar-refractivity contribution in [2.24, 2.45) is 5.92 Å². The highest BCUT2D eigenvalue weighted by atomic mass is 35.5. The van der Waals surface area contributed by atoms with Gasteiger partial charge in [-0.25, -0.2) is 8.42 Å². The maximum absolute atomic E-state index is 11.3. The van der Waals surface area contributed by atoms with Crippen molar-refractivity contribution in [3.05, 3.63) is 0 Å². The quantitative estimate of drug-likeness (QED) is 0.831. The van der Waals surface area contributed by atoms with Crippen molar-refractivity contribution in [1.82, 2.24) is 5.32 Å². The van der Waals surface area contributed by atoms with Gasteiger partial charge in [-0.2, -0.15) is 0 Å². The molecular weight excluding hydrogens is 262 g/mol. The monoisotopic (exact) mass is 283 g/mol. The van der Waals surface area contributed by atoms with Gasteiger partial charge in [0, 0.05) is 5.54 Å². The number of hydrogen-bond donors (Lipinski definition) is 1. The van der Waals surface area contributed by atoms with Crippen LogP contribution in [0.3, 0.4) is 0 Å². The number of nitrogens with one attached hydrogen (secondary N) is 1. The van der Waals surface area contributed by atoms with Gasteiger partial charge in [0.15, 0.2) is 0 Å². The summed E-state index contributed by atoms with van der Waals surface area (Å²) in [5.41, 5.74) is 0.0609. The van der Waals surface area contributed by atoms with Crippen LogP contribution in [0.2, 0.25) is 0 Å². The van der Waals surface area contributed by atoms with Crippen LogP contribution in [0.5, 0.6) is 0 Å². The van der Waals surface area contributed by atoms with Crippen molar-refractivity contribution in [2.75, 3.05) is 18.1 Å². The average molecular weight is 284 g/mol. The van der Waals surface area contributed by atoms with E-state index in [2.05, 4.69) is 19.2 Å². The van der Waals surface area contributed by atoms with Gasteiger partial charge < -0.3 is 4.74 Å². The second-order valence-electron chi connectivity index (χ2n) is 5.66. The summed E-state index contributed by atoms with van der Waals surface area (Å²) in [4.78, 5) is 0. The molecule has 2 rings (SSSR count). The molecule has 2 fully saturated rings. The first kappa shape index (κ1) is 15.2. The van der Waals surface area contributed by atoms with Crippen LogP contribution >= 0.6 is 12.4 Å². The highest BCUT2D eigenvalue weighted by Gasteiger charge is 2.33. The Morgan fingerprint density at radius 3 is 2.35 bits per heavy atom. The Kier molecular flexibility index (Phi) is 4.86. The third-order valence-corrected chi connectivity index (χ3v) is 5.13. The van der Waals surface area contributed by atoms with Crippen molar-refractivity contribution in [3.8, 4) is 0 Å². The zero-order valence-corrected chi connectivity index (χ0v) is 12.1. The molecule has 0 aliphatic carbocycles. The minimum Gasteiger partial charge on any atom is -0.361 e. The standard InChI is InChI=1S/C11H21NO3S.ClH/c1-11(2)8-15-10(12-11)7-9-3-5-16(13,14)6-4-9;/h9-10,12H,3-8H2,1-2H3;1H. The van der Waals surface area contributed by atoms with Crippen molar-refractivity contribution < 1.29 is 13.2 Å². The minimum atomic E-state index is -2.73. The molecule has 0 aromatic carbocycles. The Morgan fingerprint density at radius 1 is 1.29 bits per heavy atom. The van der Waals surface area contributed by atoms with Gasteiger partial charge in [-0.3, -0.25) is 5.32 Å². The molecule has 17 heavy (non-hydrogen) atoms. The Balaban J connectivity index is 0.00000144. The second-order valence-corrected chi connectivity index (χ2v) is 7.96. The lowest BCUT2D eigenvalue weighted by atomic mass is 9.97. The summed E-state index contributed by atoms with van der Waals surface area (Å²) in [5, 5.41) is 3.43. The van der Waals surface area contributed by atoms with Crippen LogP contribution in [0, 0.1) is 5.92 Å². The molecule has 0 aromatic rings. The van der Waals surface area contributed by atoms with Crippen LogP contribution in [-0.2, 0) is 14.6 Å². The molecule has 6 heteroatoms. The third-order valence-electron chi connectivity index (χ3n) is 3.42. The first-order chi connectivity index (χ1) is 7.36. The molecule has 0 bridgehead atoms. The molecule has 1 atom stereocenters. The fraction of sp³-hybridized carbons (Fsp3) is 1.00. The van der Waals surface area contributed by atoms with E-state index in [1.807, 2.05) is 0 Å². The van der Waals surface area contributed by atoms with E-state index in [0.29, 0.717) is 17.4 Å².